The Morgan fingerprint density at radius 1 is 1.88 bits per heavy atom. The summed E-state index contributed by atoms with van der Waals surface area (Å²) in [4.78, 5) is 0. The minimum Gasteiger partial charge on any atom is -0.373 e. The summed E-state index contributed by atoms with van der Waals surface area (Å²) in [7, 11) is 0. The summed E-state index contributed by atoms with van der Waals surface area (Å²) in [6, 6.07) is 0. The predicted octanol–water partition coefficient (Wildman–Crippen LogP) is 2.11. The minimum absolute atomic E-state index is 0.438. The Morgan fingerprint density at radius 2 is 2.62 bits per heavy atom. The zero-order valence-corrected chi connectivity index (χ0v) is 7.01. The first kappa shape index (κ1) is 6.55. The molecule has 0 saturated heterocycles. The molecule has 1 rings (SSSR count). The van der Waals surface area contributed by atoms with Crippen molar-refractivity contribution in [2.24, 2.45) is 0 Å². The van der Waals surface area contributed by atoms with Crippen LogP contribution in [0.4, 0.5) is 0 Å². The first-order valence-electron chi connectivity index (χ1n) is 2.75. The molecule has 2 heteroatoms. The van der Waals surface area contributed by atoms with E-state index in [0.717, 1.165) is 13.0 Å². The van der Waals surface area contributed by atoms with Gasteiger partial charge in [0, 0.05) is 3.58 Å². The zero-order valence-electron chi connectivity index (χ0n) is 4.86. The van der Waals surface area contributed by atoms with Crippen molar-refractivity contribution < 1.29 is 4.74 Å². The quantitative estimate of drug-likeness (QED) is 0.572. The van der Waals surface area contributed by atoms with Crippen LogP contribution >= 0.6 is 22.6 Å². The lowest BCUT2D eigenvalue weighted by atomic mass is 10.2. The lowest BCUT2D eigenvalue weighted by molar-refractivity contribution is 0.0811. The van der Waals surface area contributed by atoms with Crippen LogP contribution in [0.25, 0.3) is 0 Å². The second kappa shape index (κ2) is 2.82. The first-order chi connectivity index (χ1) is 3.79. The van der Waals surface area contributed by atoms with Gasteiger partial charge in [-0.1, -0.05) is 6.08 Å². The van der Waals surface area contributed by atoms with Crippen molar-refractivity contribution in [3.8, 4) is 0 Å². The van der Waals surface area contributed by atoms with Crippen LogP contribution in [-0.2, 0) is 4.74 Å². The summed E-state index contributed by atoms with van der Waals surface area (Å²) in [6.45, 7) is 2.92. The summed E-state index contributed by atoms with van der Waals surface area (Å²) < 4.78 is 6.65. The van der Waals surface area contributed by atoms with Crippen LogP contribution in [-0.4, -0.2) is 12.7 Å². The van der Waals surface area contributed by atoms with Gasteiger partial charge < -0.3 is 4.74 Å². The van der Waals surface area contributed by atoms with Crippen LogP contribution in [0.5, 0.6) is 0 Å². The van der Waals surface area contributed by atoms with Crippen LogP contribution in [0.3, 0.4) is 0 Å². The third kappa shape index (κ3) is 1.74. The summed E-state index contributed by atoms with van der Waals surface area (Å²) in [5.41, 5.74) is 0. The Hall–Kier alpha value is 0.430. The highest BCUT2D eigenvalue weighted by Gasteiger charge is 2.06. The molecule has 0 radical (unpaired) electrons. The molecule has 0 bridgehead atoms. The molecule has 0 fully saturated rings. The van der Waals surface area contributed by atoms with Crippen molar-refractivity contribution >= 4 is 22.6 Å². The number of hydrogen-bond acceptors (Lipinski definition) is 1. The van der Waals surface area contributed by atoms with E-state index < -0.39 is 0 Å². The standard InChI is InChI=1S/C6H9IO/c1-5-2-3-6(7)4-8-5/h3,5H,2,4H2,1H3. The maximum atomic E-state index is 5.31. The van der Waals surface area contributed by atoms with E-state index in [0.29, 0.717) is 6.10 Å². The first-order valence-corrected chi connectivity index (χ1v) is 3.83. The molecule has 1 unspecified atom stereocenters. The summed E-state index contributed by atoms with van der Waals surface area (Å²) in [6.07, 6.45) is 3.75. The van der Waals surface area contributed by atoms with Crippen molar-refractivity contribution in [3.05, 3.63) is 9.66 Å². The van der Waals surface area contributed by atoms with Crippen molar-refractivity contribution in [1.82, 2.24) is 0 Å². The lowest BCUT2D eigenvalue weighted by Gasteiger charge is -2.15. The van der Waals surface area contributed by atoms with Crippen LogP contribution in [0.2, 0.25) is 0 Å². The third-order valence-electron chi connectivity index (χ3n) is 1.18. The van der Waals surface area contributed by atoms with Gasteiger partial charge in [-0.05, 0) is 35.9 Å². The topological polar surface area (TPSA) is 9.23 Å². The predicted molar refractivity (Wildman–Crippen MR) is 42.1 cm³/mol. The molecule has 1 nitrogen and oxygen atoms in total. The Balaban J connectivity index is 2.42. The van der Waals surface area contributed by atoms with Gasteiger partial charge in [0.05, 0.1) is 12.7 Å². The molecule has 1 aliphatic heterocycles. The molecule has 8 heavy (non-hydrogen) atoms. The summed E-state index contributed by atoms with van der Waals surface area (Å²) in [5.74, 6) is 0. The van der Waals surface area contributed by atoms with E-state index in [2.05, 4.69) is 35.6 Å². The fraction of sp³-hybridized carbons (Fsp3) is 0.667. The van der Waals surface area contributed by atoms with Crippen molar-refractivity contribution in [2.45, 2.75) is 19.4 Å². The van der Waals surface area contributed by atoms with Crippen molar-refractivity contribution in [3.63, 3.8) is 0 Å². The fourth-order valence-corrected chi connectivity index (χ4v) is 1.08. The summed E-state index contributed by atoms with van der Waals surface area (Å²) in [5, 5.41) is 0. The van der Waals surface area contributed by atoms with E-state index in [4.69, 9.17) is 4.74 Å². The molecule has 0 saturated carbocycles. The molecule has 0 N–H and O–H groups in total. The molecule has 46 valence electrons. The molecule has 0 aromatic heterocycles. The smallest absolute Gasteiger partial charge is 0.0774 e. The Labute approximate surface area is 63.2 Å². The van der Waals surface area contributed by atoms with E-state index in [-0.39, 0.29) is 0 Å². The minimum atomic E-state index is 0.438. The van der Waals surface area contributed by atoms with Gasteiger partial charge in [0.25, 0.3) is 0 Å². The molecule has 0 aliphatic carbocycles. The highest BCUT2D eigenvalue weighted by molar-refractivity contribution is 14.1. The van der Waals surface area contributed by atoms with Crippen LogP contribution in [0.1, 0.15) is 13.3 Å². The zero-order chi connectivity index (χ0) is 5.98. The Kier molecular flexibility index (Phi) is 2.31. The molecule has 0 amide bonds. The molecule has 1 aliphatic rings. The highest BCUT2D eigenvalue weighted by atomic mass is 127. The molecule has 0 spiro atoms. The maximum Gasteiger partial charge on any atom is 0.0774 e. The Morgan fingerprint density at radius 3 is 3.00 bits per heavy atom. The van der Waals surface area contributed by atoms with Gasteiger partial charge >= 0.3 is 0 Å². The van der Waals surface area contributed by atoms with Crippen molar-refractivity contribution in [2.75, 3.05) is 6.61 Å². The maximum absolute atomic E-state index is 5.31. The molecule has 1 atom stereocenters. The lowest BCUT2D eigenvalue weighted by Crippen LogP contribution is -2.12. The SMILES string of the molecule is CC1CC=C(I)CO1. The highest BCUT2D eigenvalue weighted by Crippen LogP contribution is 2.16. The van der Waals surface area contributed by atoms with Crippen LogP contribution in [0.15, 0.2) is 9.66 Å². The number of rotatable bonds is 0. The van der Waals surface area contributed by atoms with Gasteiger partial charge in [-0.15, -0.1) is 0 Å². The monoisotopic (exact) mass is 224 g/mol. The van der Waals surface area contributed by atoms with Gasteiger partial charge in [-0.3, -0.25) is 0 Å². The van der Waals surface area contributed by atoms with E-state index in [1.54, 1.807) is 0 Å². The molecular weight excluding hydrogens is 215 g/mol. The average molecular weight is 224 g/mol. The van der Waals surface area contributed by atoms with E-state index in [1.165, 1.54) is 3.58 Å². The molecule has 0 aromatic rings. The number of hydrogen-bond donors (Lipinski definition) is 0. The van der Waals surface area contributed by atoms with E-state index in [1.807, 2.05) is 0 Å². The van der Waals surface area contributed by atoms with Crippen LogP contribution < -0.4 is 0 Å². The Bertz CT molecular complexity index is 109. The molecular formula is C6H9IO. The van der Waals surface area contributed by atoms with Gasteiger partial charge in [0.2, 0.25) is 0 Å². The molecule has 1 heterocycles. The average Bonchev–Trinajstić information content (AvgIpc) is 1.77. The van der Waals surface area contributed by atoms with Gasteiger partial charge in [-0.2, -0.15) is 0 Å². The number of halogens is 1. The van der Waals surface area contributed by atoms with E-state index >= 15 is 0 Å². The summed E-state index contributed by atoms with van der Waals surface area (Å²) >= 11 is 2.30. The van der Waals surface area contributed by atoms with Crippen LogP contribution in [0, 0.1) is 0 Å². The normalized spacial score (nSPS) is 29.8. The third-order valence-corrected chi connectivity index (χ3v) is 1.93. The van der Waals surface area contributed by atoms with Gasteiger partial charge in [-0.25, -0.2) is 0 Å². The fourth-order valence-electron chi connectivity index (χ4n) is 0.643. The van der Waals surface area contributed by atoms with Gasteiger partial charge in [0.1, 0.15) is 0 Å². The van der Waals surface area contributed by atoms with Gasteiger partial charge in [0.15, 0.2) is 0 Å². The van der Waals surface area contributed by atoms with Crippen molar-refractivity contribution in [1.29, 1.82) is 0 Å². The molecule has 0 aromatic carbocycles. The second-order valence-corrected chi connectivity index (χ2v) is 3.39. The number of ether oxygens (including phenoxy) is 1. The second-order valence-electron chi connectivity index (χ2n) is 2.01. The largest absolute Gasteiger partial charge is 0.373 e. The van der Waals surface area contributed by atoms with E-state index in [9.17, 15) is 0 Å².